The molecule has 2 amide bonds. The van der Waals surface area contributed by atoms with Crippen LogP contribution in [-0.2, 0) is 22.7 Å². The lowest BCUT2D eigenvalue weighted by Crippen LogP contribution is -2.56. The first-order valence-corrected chi connectivity index (χ1v) is 9.31. The summed E-state index contributed by atoms with van der Waals surface area (Å²) in [5.74, 6) is -0.399. The summed E-state index contributed by atoms with van der Waals surface area (Å²) < 4.78 is 19.4. The predicted molar refractivity (Wildman–Crippen MR) is 103 cm³/mol. The van der Waals surface area contributed by atoms with Gasteiger partial charge >= 0.3 is 0 Å². The molecular weight excluding hydrogens is 377 g/mol. The van der Waals surface area contributed by atoms with Crippen LogP contribution in [0.4, 0.5) is 4.39 Å². The fourth-order valence-electron chi connectivity index (χ4n) is 3.24. The van der Waals surface area contributed by atoms with Crippen molar-refractivity contribution >= 4 is 11.8 Å². The molecule has 1 N–H and O–H groups in total. The third-order valence-electron chi connectivity index (χ3n) is 4.88. The van der Waals surface area contributed by atoms with Crippen LogP contribution in [0.15, 0.2) is 36.8 Å². The van der Waals surface area contributed by atoms with Crippen molar-refractivity contribution in [3.8, 4) is 5.75 Å². The van der Waals surface area contributed by atoms with Gasteiger partial charge in [0.25, 0.3) is 0 Å². The highest BCUT2D eigenvalue weighted by Gasteiger charge is 2.33. The number of nitrogens with one attached hydrogen (secondary N) is 1. The van der Waals surface area contributed by atoms with Crippen molar-refractivity contribution < 1.29 is 18.7 Å². The second-order valence-electron chi connectivity index (χ2n) is 6.89. The van der Waals surface area contributed by atoms with Crippen molar-refractivity contribution in [2.75, 3.05) is 27.2 Å². The lowest BCUT2D eigenvalue weighted by molar-refractivity contribution is -0.138. The Hall–Kier alpha value is -3.07. The van der Waals surface area contributed by atoms with Gasteiger partial charge in [0.15, 0.2) is 0 Å². The molecule has 1 aromatic heterocycles. The van der Waals surface area contributed by atoms with E-state index >= 15 is 0 Å². The number of carbonyl (C=O) groups excluding carboxylic acids is 2. The molecule has 2 aromatic rings. The van der Waals surface area contributed by atoms with E-state index in [0.717, 1.165) is 0 Å². The van der Waals surface area contributed by atoms with E-state index in [-0.39, 0.29) is 24.8 Å². The summed E-state index contributed by atoms with van der Waals surface area (Å²) in [5, 5.41) is 2.79. The number of hydrogen-bond acceptors (Lipinski definition) is 6. The van der Waals surface area contributed by atoms with E-state index in [4.69, 9.17) is 4.74 Å². The van der Waals surface area contributed by atoms with Crippen LogP contribution in [-0.4, -0.2) is 64.9 Å². The van der Waals surface area contributed by atoms with Crippen LogP contribution < -0.4 is 10.1 Å². The lowest BCUT2D eigenvalue weighted by atomic mass is 10.1. The van der Waals surface area contributed by atoms with Crippen molar-refractivity contribution in [1.82, 2.24) is 25.1 Å². The molecule has 1 aromatic carbocycles. The standard InChI is InChI=1S/C20H24FN5O3/c1-25(13-15-11-22-5-6-23-15)19(27)10-18-20(28)24-7-8-26(18)12-14-3-4-16(29-2)9-17(14)21/h3-6,9,11,18H,7-8,10,12-13H2,1-2H3,(H,24,28)/t18-/m0/s1. The molecule has 1 aliphatic heterocycles. The maximum atomic E-state index is 14.4. The average Bonchev–Trinajstić information content (AvgIpc) is 2.72. The molecule has 8 nitrogen and oxygen atoms in total. The van der Waals surface area contributed by atoms with Crippen molar-refractivity contribution in [2.45, 2.75) is 25.6 Å². The number of nitrogens with zero attached hydrogens (tertiary/aromatic N) is 4. The van der Waals surface area contributed by atoms with Gasteiger partial charge in [-0.15, -0.1) is 0 Å². The molecule has 1 atom stereocenters. The number of hydrogen-bond donors (Lipinski definition) is 1. The Labute approximate surface area is 168 Å². The zero-order valence-electron chi connectivity index (χ0n) is 16.5. The molecule has 0 spiro atoms. The topological polar surface area (TPSA) is 87.7 Å². The molecule has 1 aliphatic rings. The van der Waals surface area contributed by atoms with Crippen molar-refractivity contribution in [3.63, 3.8) is 0 Å². The highest BCUT2D eigenvalue weighted by atomic mass is 19.1. The molecule has 0 saturated carbocycles. The Morgan fingerprint density at radius 2 is 2.24 bits per heavy atom. The fraction of sp³-hybridized carbons (Fsp3) is 0.400. The summed E-state index contributed by atoms with van der Waals surface area (Å²) in [6, 6.07) is 3.97. The van der Waals surface area contributed by atoms with Gasteiger partial charge in [-0.25, -0.2) is 4.39 Å². The van der Waals surface area contributed by atoms with Gasteiger partial charge in [-0.05, 0) is 6.07 Å². The Kier molecular flexibility index (Phi) is 6.71. The minimum absolute atomic E-state index is 0.000366. The predicted octanol–water partition coefficient (Wildman–Crippen LogP) is 0.973. The van der Waals surface area contributed by atoms with E-state index in [1.165, 1.54) is 18.1 Å². The summed E-state index contributed by atoms with van der Waals surface area (Å²) in [4.78, 5) is 36.6. The number of rotatable bonds is 7. The van der Waals surface area contributed by atoms with Crippen LogP contribution in [0.1, 0.15) is 17.7 Å². The number of methoxy groups -OCH3 is 1. The smallest absolute Gasteiger partial charge is 0.237 e. The quantitative estimate of drug-likeness (QED) is 0.744. The molecule has 9 heteroatoms. The van der Waals surface area contributed by atoms with Crippen LogP contribution in [0.2, 0.25) is 0 Å². The second kappa shape index (κ2) is 9.42. The van der Waals surface area contributed by atoms with Gasteiger partial charge in [-0.1, -0.05) is 6.07 Å². The zero-order chi connectivity index (χ0) is 20.8. The Balaban J connectivity index is 1.68. The number of carbonyl (C=O) groups is 2. The summed E-state index contributed by atoms with van der Waals surface area (Å²) in [5.41, 5.74) is 1.11. The zero-order valence-corrected chi connectivity index (χ0v) is 16.5. The number of halogens is 1. The number of ether oxygens (including phenoxy) is 1. The van der Waals surface area contributed by atoms with Crippen LogP contribution in [0.5, 0.6) is 5.75 Å². The summed E-state index contributed by atoms with van der Waals surface area (Å²) in [7, 11) is 3.13. The van der Waals surface area contributed by atoms with Crippen LogP contribution in [0.3, 0.4) is 0 Å². The van der Waals surface area contributed by atoms with Gasteiger partial charge in [-0.3, -0.25) is 24.5 Å². The van der Waals surface area contributed by atoms with Gasteiger partial charge in [0.1, 0.15) is 11.6 Å². The maximum Gasteiger partial charge on any atom is 0.237 e. The van der Waals surface area contributed by atoms with E-state index in [1.807, 2.05) is 4.90 Å². The maximum absolute atomic E-state index is 14.4. The highest BCUT2D eigenvalue weighted by Crippen LogP contribution is 2.20. The van der Waals surface area contributed by atoms with Crippen LogP contribution >= 0.6 is 0 Å². The number of amides is 2. The van der Waals surface area contributed by atoms with Gasteiger partial charge in [-0.2, -0.15) is 0 Å². The molecule has 0 aliphatic carbocycles. The van der Waals surface area contributed by atoms with Gasteiger partial charge in [0, 0.05) is 50.7 Å². The number of aromatic nitrogens is 2. The summed E-state index contributed by atoms with van der Waals surface area (Å²) in [6.07, 6.45) is 4.72. The molecule has 3 rings (SSSR count). The van der Waals surface area contributed by atoms with Gasteiger partial charge < -0.3 is 15.0 Å². The molecular formula is C20H24FN5O3. The van der Waals surface area contributed by atoms with Gasteiger partial charge in [0.05, 0.1) is 38.0 Å². The molecule has 29 heavy (non-hydrogen) atoms. The first-order chi connectivity index (χ1) is 14.0. The van der Waals surface area contributed by atoms with Crippen LogP contribution in [0.25, 0.3) is 0 Å². The molecule has 1 fully saturated rings. The highest BCUT2D eigenvalue weighted by molar-refractivity contribution is 5.88. The first-order valence-electron chi connectivity index (χ1n) is 9.31. The Morgan fingerprint density at radius 1 is 1.41 bits per heavy atom. The van der Waals surface area contributed by atoms with E-state index < -0.39 is 11.9 Å². The number of piperazine rings is 1. The first kappa shape index (κ1) is 20.7. The Bertz CT molecular complexity index is 864. The summed E-state index contributed by atoms with van der Waals surface area (Å²) in [6.45, 7) is 1.52. The largest absolute Gasteiger partial charge is 0.497 e. The molecule has 2 heterocycles. The minimum Gasteiger partial charge on any atom is -0.497 e. The SMILES string of the molecule is COc1ccc(CN2CCNC(=O)[C@@H]2CC(=O)N(C)Cc2cnccn2)c(F)c1. The summed E-state index contributed by atoms with van der Waals surface area (Å²) >= 11 is 0. The van der Waals surface area contributed by atoms with Crippen molar-refractivity contribution in [2.24, 2.45) is 0 Å². The second-order valence-corrected chi connectivity index (χ2v) is 6.89. The minimum atomic E-state index is -0.665. The van der Waals surface area contributed by atoms with E-state index in [1.54, 1.807) is 37.8 Å². The van der Waals surface area contributed by atoms with Crippen LogP contribution in [0, 0.1) is 5.82 Å². The van der Waals surface area contributed by atoms with E-state index in [0.29, 0.717) is 36.6 Å². The molecule has 1 saturated heterocycles. The molecule has 0 radical (unpaired) electrons. The monoisotopic (exact) mass is 401 g/mol. The third-order valence-corrected chi connectivity index (χ3v) is 4.88. The Morgan fingerprint density at radius 3 is 2.93 bits per heavy atom. The van der Waals surface area contributed by atoms with Crippen molar-refractivity contribution in [1.29, 1.82) is 0 Å². The van der Waals surface area contributed by atoms with Gasteiger partial charge in [0.2, 0.25) is 11.8 Å². The molecule has 0 bridgehead atoms. The normalized spacial score (nSPS) is 16.9. The number of benzene rings is 1. The lowest BCUT2D eigenvalue weighted by Gasteiger charge is -2.35. The van der Waals surface area contributed by atoms with E-state index in [9.17, 15) is 14.0 Å². The molecule has 154 valence electrons. The van der Waals surface area contributed by atoms with Crippen molar-refractivity contribution in [3.05, 3.63) is 53.9 Å². The van der Waals surface area contributed by atoms with E-state index in [2.05, 4.69) is 15.3 Å². The average molecular weight is 401 g/mol. The molecule has 0 unspecified atom stereocenters. The fourth-order valence-corrected chi connectivity index (χ4v) is 3.24. The third kappa shape index (κ3) is 5.26.